The van der Waals surface area contributed by atoms with Gasteiger partial charge >= 0.3 is 0 Å². The molecule has 0 aromatic heterocycles. The van der Waals surface area contributed by atoms with Crippen molar-refractivity contribution in [1.82, 2.24) is 0 Å². The molecular formula is C21H26N2. The first-order valence-corrected chi connectivity index (χ1v) is 8.83. The maximum atomic E-state index is 3.68. The first kappa shape index (κ1) is 14.6. The van der Waals surface area contributed by atoms with Crippen molar-refractivity contribution in [3.8, 4) is 0 Å². The quantitative estimate of drug-likeness (QED) is 0.762. The summed E-state index contributed by atoms with van der Waals surface area (Å²) in [6, 6.07) is 13.7. The van der Waals surface area contributed by atoms with Crippen molar-refractivity contribution in [1.29, 1.82) is 0 Å². The van der Waals surface area contributed by atoms with Crippen molar-refractivity contribution in [3.63, 3.8) is 0 Å². The Hall–Kier alpha value is -1.96. The van der Waals surface area contributed by atoms with Gasteiger partial charge in [0.15, 0.2) is 0 Å². The number of hydrogen-bond acceptors (Lipinski definition) is 2. The number of rotatable bonds is 1. The Kier molecular flexibility index (Phi) is 3.37. The van der Waals surface area contributed by atoms with Crippen molar-refractivity contribution in [3.05, 3.63) is 53.1 Å². The monoisotopic (exact) mass is 306 g/mol. The molecule has 120 valence electrons. The van der Waals surface area contributed by atoms with Crippen LogP contribution in [-0.2, 0) is 5.41 Å². The van der Waals surface area contributed by atoms with Gasteiger partial charge in [0.2, 0.25) is 0 Å². The molecule has 23 heavy (non-hydrogen) atoms. The van der Waals surface area contributed by atoms with Gasteiger partial charge in [-0.3, -0.25) is 0 Å². The highest BCUT2D eigenvalue weighted by Crippen LogP contribution is 2.46. The Balaban J connectivity index is 1.76. The standard InChI is InChI=1S/C21H26N2/c1-15-7-10-19-18(13-15)21(2,3)17-9-8-16(14-20(17)22-19)23-11-5-4-6-12-23/h7-10,13-14,22H,4-6,11-12H2,1-3H3. The van der Waals surface area contributed by atoms with Crippen LogP contribution in [0.3, 0.4) is 0 Å². The lowest BCUT2D eigenvalue weighted by Gasteiger charge is -2.37. The molecule has 2 nitrogen and oxygen atoms in total. The van der Waals surface area contributed by atoms with Crippen LogP contribution in [-0.4, -0.2) is 13.1 Å². The lowest BCUT2D eigenvalue weighted by atomic mass is 9.74. The lowest BCUT2D eigenvalue weighted by Crippen LogP contribution is -2.30. The van der Waals surface area contributed by atoms with Gasteiger partial charge in [0.1, 0.15) is 0 Å². The molecule has 2 aromatic rings. The number of benzene rings is 2. The number of aryl methyl sites for hydroxylation is 1. The van der Waals surface area contributed by atoms with E-state index in [0.29, 0.717) is 0 Å². The first-order chi connectivity index (χ1) is 11.1. The molecule has 0 aliphatic carbocycles. The summed E-state index contributed by atoms with van der Waals surface area (Å²) in [5, 5.41) is 3.68. The summed E-state index contributed by atoms with van der Waals surface area (Å²) in [6.45, 7) is 9.23. The number of piperidine rings is 1. The molecule has 0 bridgehead atoms. The maximum absolute atomic E-state index is 3.68. The zero-order chi connectivity index (χ0) is 16.0. The van der Waals surface area contributed by atoms with Crippen LogP contribution < -0.4 is 10.2 Å². The van der Waals surface area contributed by atoms with E-state index in [-0.39, 0.29) is 5.41 Å². The van der Waals surface area contributed by atoms with Crippen LogP contribution in [0.5, 0.6) is 0 Å². The molecule has 0 amide bonds. The number of nitrogens with zero attached hydrogens (tertiary/aromatic N) is 1. The summed E-state index contributed by atoms with van der Waals surface area (Å²) in [6.07, 6.45) is 4.01. The highest BCUT2D eigenvalue weighted by atomic mass is 15.1. The highest BCUT2D eigenvalue weighted by molar-refractivity contribution is 5.78. The van der Waals surface area contributed by atoms with E-state index in [0.717, 1.165) is 0 Å². The third-order valence-corrected chi connectivity index (χ3v) is 5.52. The molecule has 2 aliphatic heterocycles. The third-order valence-electron chi connectivity index (χ3n) is 5.52. The van der Waals surface area contributed by atoms with Gasteiger partial charge in [-0.05, 0) is 55.5 Å². The molecular weight excluding hydrogens is 280 g/mol. The first-order valence-electron chi connectivity index (χ1n) is 8.83. The van der Waals surface area contributed by atoms with E-state index in [1.165, 1.54) is 66.1 Å². The van der Waals surface area contributed by atoms with E-state index in [2.05, 4.69) is 67.4 Å². The van der Waals surface area contributed by atoms with Gasteiger partial charge in [-0.15, -0.1) is 0 Å². The number of fused-ring (bicyclic) bond motifs is 2. The average Bonchev–Trinajstić information content (AvgIpc) is 2.56. The van der Waals surface area contributed by atoms with Crippen molar-refractivity contribution >= 4 is 17.1 Å². The molecule has 0 radical (unpaired) electrons. The van der Waals surface area contributed by atoms with Gasteiger partial charge in [-0.25, -0.2) is 0 Å². The topological polar surface area (TPSA) is 15.3 Å². The third kappa shape index (κ3) is 2.41. The molecule has 1 saturated heterocycles. The summed E-state index contributed by atoms with van der Waals surface area (Å²) < 4.78 is 0. The number of anilines is 3. The molecule has 2 aliphatic rings. The second-order valence-electron chi connectivity index (χ2n) is 7.58. The fourth-order valence-electron chi connectivity index (χ4n) is 4.10. The van der Waals surface area contributed by atoms with Crippen molar-refractivity contribution in [2.24, 2.45) is 0 Å². The molecule has 0 atom stereocenters. The van der Waals surface area contributed by atoms with Crippen LogP contribution in [0.25, 0.3) is 0 Å². The molecule has 2 heterocycles. The predicted molar refractivity (Wildman–Crippen MR) is 99.1 cm³/mol. The summed E-state index contributed by atoms with van der Waals surface area (Å²) >= 11 is 0. The molecule has 1 fully saturated rings. The van der Waals surface area contributed by atoms with Crippen LogP contribution in [0.4, 0.5) is 17.1 Å². The SMILES string of the molecule is Cc1ccc2c(c1)C(C)(C)c1ccc(N3CCCCC3)cc1N2. The van der Waals surface area contributed by atoms with Crippen LogP contribution in [0, 0.1) is 6.92 Å². The minimum absolute atomic E-state index is 0.0440. The van der Waals surface area contributed by atoms with Gasteiger partial charge in [-0.1, -0.05) is 37.6 Å². The molecule has 4 rings (SSSR count). The van der Waals surface area contributed by atoms with E-state index in [9.17, 15) is 0 Å². The van der Waals surface area contributed by atoms with Gasteiger partial charge in [-0.2, -0.15) is 0 Å². The molecule has 0 spiro atoms. The van der Waals surface area contributed by atoms with Crippen LogP contribution in [0.15, 0.2) is 36.4 Å². The Morgan fingerprint density at radius 3 is 2.43 bits per heavy atom. The second-order valence-corrected chi connectivity index (χ2v) is 7.58. The Morgan fingerprint density at radius 1 is 0.870 bits per heavy atom. The van der Waals surface area contributed by atoms with Gasteiger partial charge in [0.05, 0.1) is 0 Å². The van der Waals surface area contributed by atoms with Crippen LogP contribution in [0.1, 0.15) is 49.8 Å². The van der Waals surface area contributed by atoms with Crippen LogP contribution in [0.2, 0.25) is 0 Å². The lowest BCUT2D eigenvalue weighted by molar-refractivity contribution is 0.577. The van der Waals surface area contributed by atoms with Gasteiger partial charge in [0.25, 0.3) is 0 Å². The summed E-state index contributed by atoms with van der Waals surface area (Å²) in [5.74, 6) is 0. The normalized spacial score (nSPS) is 18.8. The smallest absolute Gasteiger partial charge is 0.0446 e. The van der Waals surface area contributed by atoms with Gasteiger partial charge < -0.3 is 10.2 Å². The van der Waals surface area contributed by atoms with E-state index in [1.54, 1.807) is 0 Å². The van der Waals surface area contributed by atoms with E-state index >= 15 is 0 Å². The summed E-state index contributed by atoms with van der Waals surface area (Å²) in [7, 11) is 0. The number of nitrogens with one attached hydrogen (secondary N) is 1. The fourth-order valence-corrected chi connectivity index (χ4v) is 4.10. The van der Waals surface area contributed by atoms with Crippen molar-refractivity contribution < 1.29 is 0 Å². The zero-order valence-corrected chi connectivity index (χ0v) is 14.4. The molecule has 1 N–H and O–H groups in total. The Labute approximate surface area is 139 Å². The molecule has 0 unspecified atom stereocenters. The van der Waals surface area contributed by atoms with Crippen molar-refractivity contribution in [2.45, 2.75) is 45.4 Å². The van der Waals surface area contributed by atoms with Gasteiger partial charge in [0, 0.05) is 35.6 Å². The minimum atomic E-state index is 0.0440. The average molecular weight is 306 g/mol. The van der Waals surface area contributed by atoms with Crippen molar-refractivity contribution in [2.75, 3.05) is 23.3 Å². The fraction of sp³-hybridized carbons (Fsp3) is 0.429. The maximum Gasteiger partial charge on any atom is 0.0446 e. The molecule has 0 saturated carbocycles. The molecule has 2 aromatic carbocycles. The second kappa shape index (κ2) is 5.30. The Morgan fingerprint density at radius 2 is 1.65 bits per heavy atom. The number of hydrogen-bond donors (Lipinski definition) is 1. The van der Waals surface area contributed by atoms with E-state index < -0.39 is 0 Å². The van der Waals surface area contributed by atoms with E-state index in [1.807, 2.05) is 0 Å². The molecule has 2 heteroatoms. The van der Waals surface area contributed by atoms with E-state index in [4.69, 9.17) is 0 Å². The predicted octanol–water partition coefficient (Wildman–Crippen LogP) is 5.37. The Bertz CT molecular complexity index is 740. The minimum Gasteiger partial charge on any atom is -0.371 e. The zero-order valence-electron chi connectivity index (χ0n) is 14.4. The summed E-state index contributed by atoms with van der Waals surface area (Å²) in [5.41, 5.74) is 8.06. The highest BCUT2D eigenvalue weighted by Gasteiger charge is 2.32. The largest absolute Gasteiger partial charge is 0.371 e. The van der Waals surface area contributed by atoms with Crippen LogP contribution >= 0.6 is 0 Å². The summed E-state index contributed by atoms with van der Waals surface area (Å²) in [4.78, 5) is 2.53.